The van der Waals surface area contributed by atoms with Crippen molar-refractivity contribution in [2.45, 2.75) is 65.3 Å². The smallest absolute Gasteiger partial charge is 0.356 e. The maximum atomic E-state index is 13.7. The molecule has 1 aliphatic heterocycles. The summed E-state index contributed by atoms with van der Waals surface area (Å²) in [7, 11) is 0. The van der Waals surface area contributed by atoms with Crippen molar-refractivity contribution in [1.29, 1.82) is 0 Å². The van der Waals surface area contributed by atoms with Gasteiger partial charge in [0.05, 0.1) is 16.7 Å². The van der Waals surface area contributed by atoms with E-state index in [4.69, 9.17) is 4.74 Å². The van der Waals surface area contributed by atoms with Gasteiger partial charge < -0.3 is 19.6 Å². The zero-order valence-corrected chi connectivity index (χ0v) is 19.7. The molecule has 0 bridgehead atoms. The van der Waals surface area contributed by atoms with Gasteiger partial charge in [0.1, 0.15) is 5.82 Å². The quantitative estimate of drug-likeness (QED) is 0.659. The second kappa shape index (κ2) is 7.68. The number of nitrogens with zero attached hydrogens (tertiary/aromatic N) is 3. The molecule has 2 aromatic heterocycles. The average molecular weight is 469 g/mol. The number of imidazole rings is 1. The molecular formula is C23H31F3N4O3. The summed E-state index contributed by atoms with van der Waals surface area (Å²) in [6, 6.07) is 3.27. The van der Waals surface area contributed by atoms with Gasteiger partial charge in [-0.3, -0.25) is 9.69 Å². The lowest BCUT2D eigenvalue weighted by molar-refractivity contribution is -0.236. The molecule has 1 saturated carbocycles. The molecule has 33 heavy (non-hydrogen) atoms. The van der Waals surface area contributed by atoms with Crippen molar-refractivity contribution >= 4 is 11.4 Å². The van der Waals surface area contributed by atoms with Crippen molar-refractivity contribution in [1.82, 2.24) is 19.6 Å². The summed E-state index contributed by atoms with van der Waals surface area (Å²) in [5, 5.41) is 13.2. The van der Waals surface area contributed by atoms with Crippen LogP contribution in [-0.4, -0.2) is 50.4 Å². The molecule has 0 spiro atoms. The van der Waals surface area contributed by atoms with Crippen LogP contribution in [0.2, 0.25) is 0 Å². The monoisotopic (exact) mass is 468 g/mol. The first-order valence-corrected chi connectivity index (χ1v) is 11.1. The van der Waals surface area contributed by atoms with Crippen LogP contribution in [0, 0.1) is 24.7 Å². The maximum Gasteiger partial charge on any atom is 0.435 e. The molecule has 2 aromatic rings. The Morgan fingerprint density at radius 1 is 1.21 bits per heavy atom. The summed E-state index contributed by atoms with van der Waals surface area (Å²) in [6.45, 7) is 11.6. The normalized spacial score (nSPS) is 24.7. The Morgan fingerprint density at radius 2 is 1.82 bits per heavy atom. The van der Waals surface area contributed by atoms with E-state index >= 15 is 0 Å². The minimum atomic E-state index is -4.61. The number of halogens is 3. The van der Waals surface area contributed by atoms with Crippen LogP contribution < -0.4 is 5.32 Å². The number of carbonyl (C=O) groups is 1. The minimum absolute atomic E-state index is 0.00547. The van der Waals surface area contributed by atoms with Crippen LogP contribution in [0.3, 0.4) is 0 Å². The van der Waals surface area contributed by atoms with Gasteiger partial charge in [-0.05, 0) is 65.0 Å². The molecule has 0 aromatic carbocycles. The molecule has 7 nitrogen and oxygen atoms in total. The Morgan fingerprint density at radius 3 is 2.36 bits per heavy atom. The standard InChI is InChI=1S/C23H31F3N4O3/c1-12-8-7-9-30-16(12)17(23(24,25)26)27-19(30)22(5,6)28-18(31)15-13-10-29(11-14(13)15)20(32)33-21(2,3)4/h7-9,13-15,20,32H,10-11H2,1-6H3,(H,28,31)/t13-,14+,15?,20?. The van der Waals surface area contributed by atoms with E-state index < -0.39 is 29.4 Å². The number of ether oxygens (including phenoxy) is 1. The lowest BCUT2D eigenvalue weighted by atomic mass is 10.0. The highest BCUT2D eigenvalue weighted by molar-refractivity contribution is 5.83. The predicted octanol–water partition coefficient (Wildman–Crippen LogP) is 3.28. The molecule has 1 amide bonds. The van der Waals surface area contributed by atoms with Gasteiger partial charge in [-0.15, -0.1) is 0 Å². The number of aromatic nitrogens is 2. The van der Waals surface area contributed by atoms with E-state index in [2.05, 4.69) is 10.3 Å². The van der Waals surface area contributed by atoms with Crippen LogP contribution in [-0.2, 0) is 21.2 Å². The van der Waals surface area contributed by atoms with Gasteiger partial charge in [0.15, 0.2) is 5.69 Å². The minimum Gasteiger partial charge on any atom is -0.356 e. The van der Waals surface area contributed by atoms with Gasteiger partial charge in [0.2, 0.25) is 12.3 Å². The van der Waals surface area contributed by atoms with Crippen molar-refractivity contribution in [2.75, 3.05) is 13.1 Å². The van der Waals surface area contributed by atoms with Crippen molar-refractivity contribution < 1.29 is 27.8 Å². The first-order chi connectivity index (χ1) is 15.1. The first kappa shape index (κ1) is 24.0. The van der Waals surface area contributed by atoms with Gasteiger partial charge in [-0.1, -0.05) is 6.07 Å². The number of rotatable bonds is 5. The Balaban J connectivity index is 1.49. The molecule has 2 aliphatic rings. The highest BCUT2D eigenvalue weighted by Gasteiger charge is 2.61. The van der Waals surface area contributed by atoms with Gasteiger partial charge in [-0.25, -0.2) is 4.98 Å². The first-order valence-electron chi connectivity index (χ1n) is 11.1. The molecule has 4 atom stereocenters. The fourth-order valence-corrected chi connectivity index (χ4v) is 4.91. The number of aliphatic hydroxyl groups is 1. The lowest BCUT2D eigenvalue weighted by Gasteiger charge is -2.31. The number of hydrogen-bond donors (Lipinski definition) is 2. The van der Waals surface area contributed by atoms with Crippen molar-refractivity contribution in [3.05, 3.63) is 35.4 Å². The Labute approximate surface area is 190 Å². The van der Waals surface area contributed by atoms with Gasteiger partial charge in [0.25, 0.3) is 0 Å². The Bertz CT molecular complexity index is 1060. The summed E-state index contributed by atoms with van der Waals surface area (Å²) < 4.78 is 48.0. The molecule has 4 rings (SSSR count). The molecule has 182 valence electrons. The van der Waals surface area contributed by atoms with E-state index in [0.29, 0.717) is 18.7 Å². The van der Waals surface area contributed by atoms with Crippen molar-refractivity contribution in [3.63, 3.8) is 0 Å². The van der Waals surface area contributed by atoms with E-state index in [-0.39, 0.29) is 35.0 Å². The highest BCUT2D eigenvalue weighted by Crippen LogP contribution is 2.52. The largest absolute Gasteiger partial charge is 0.435 e. The van der Waals surface area contributed by atoms with E-state index in [1.807, 2.05) is 20.8 Å². The number of aryl methyl sites for hydroxylation is 1. The highest BCUT2D eigenvalue weighted by atomic mass is 19.4. The summed E-state index contributed by atoms with van der Waals surface area (Å²) in [4.78, 5) is 18.8. The number of carbonyl (C=O) groups excluding carboxylic acids is 1. The number of alkyl halides is 3. The second-order valence-electron chi connectivity index (χ2n) is 10.7. The van der Waals surface area contributed by atoms with E-state index in [1.54, 1.807) is 37.8 Å². The second-order valence-corrected chi connectivity index (χ2v) is 10.7. The summed E-state index contributed by atoms with van der Waals surface area (Å²) in [5.74, 6) is -0.146. The van der Waals surface area contributed by atoms with Crippen molar-refractivity contribution in [2.24, 2.45) is 17.8 Å². The molecular weight excluding hydrogens is 437 g/mol. The molecule has 0 radical (unpaired) electrons. The maximum absolute atomic E-state index is 13.7. The fourth-order valence-electron chi connectivity index (χ4n) is 4.91. The molecule has 2 fully saturated rings. The topological polar surface area (TPSA) is 79.1 Å². The average Bonchev–Trinajstić information content (AvgIpc) is 3.00. The van der Waals surface area contributed by atoms with Gasteiger partial charge >= 0.3 is 6.18 Å². The van der Waals surface area contributed by atoms with Crippen LogP contribution in [0.4, 0.5) is 13.2 Å². The zero-order chi connectivity index (χ0) is 24.5. The van der Waals surface area contributed by atoms with Gasteiger partial charge in [0, 0.05) is 25.2 Å². The SMILES string of the molecule is Cc1cccn2c(C(C)(C)NC(=O)C3[C@H]4CN(C(O)OC(C)(C)C)C[C@@H]34)nc(C(F)(F)F)c12. The van der Waals surface area contributed by atoms with E-state index in [0.717, 1.165) is 0 Å². The number of likely N-dealkylation sites (tertiary alicyclic amines) is 1. The van der Waals surface area contributed by atoms with Crippen LogP contribution in [0.1, 0.15) is 51.7 Å². The summed E-state index contributed by atoms with van der Waals surface area (Å²) >= 11 is 0. The number of hydrogen-bond acceptors (Lipinski definition) is 5. The third-order valence-corrected chi connectivity index (χ3v) is 6.43. The number of nitrogens with one attached hydrogen (secondary N) is 1. The molecule has 3 heterocycles. The van der Waals surface area contributed by atoms with Crippen molar-refractivity contribution in [3.8, 4) is 0 Å². The zero-order valence-electron chi connectivity index (χ0n) is 19.7. The fraction of sp³-hybridized carbons (Fsp3) is 0.652. The number of piperidine rings is 1. The Hall–Kier alpha value is -2.17. The number of fused-ring (bicyclic) bond motifs is 2. The van der Waals surface area contributed by atoms with E-state index in [1.165, 1.54) is 10.6 Å². The molecule has 1 aliphatic carbocycles. The summed E-state index contributed by atoms with van der Waals surface area (Å²) in [6.07, 6.45) is -4.10. The number of aliphatic hydroxyl groups excluding tert-OH is 1. The summed E-state index contributed by atoms with van der Waals surface area (Å²) in [5.41, 5.74) is -2.12. The molecule has 2 N–H and O–H groups in total. The Kier molecular flexibility index (Phi) is 5.58. The van der Waals surface area contributed by atoms with E-state index in [9.17, 15) is 23.1 Å². The predicted molar refractivity (Wildman–Crippen MR) is 115 cm³/mol. The molecule has 10 heteroatoms. The molecule has 2 unspecified atom stereocenters. The lowest BCUT2D eigenvalue weighted by Crippen LogP contribution is -2.46. The number of pyridine rings is 1. The van der Waals surface area contributed by atoms with Crippen LogP contribution in [0.25, 0.3) is 5.52 Å². The van der Waals surface area contributed by atoms with Gasteiger partial charge in [-0.2, -0.15) is 13.2 Å². The van der Waals surface area contributed by atoms with Crippen LogP contribution in [0.5, 0.6) is 0 Å². The van der Waals surface area contributed by atoms with Crippen LogP contribution >= 0.6 is 0 Å². The molecule has 1 saturated heterocycles. The third-order valence-electron chi connectivity index (χ3n) is 6.43. The number of amides is 1. The van der Waals surface area contributed by atoms with Crippen LogP contribution in [0.15, 0.2) is 18.3 Å². The third kappa shape index (κ3) is 4.48.